The summed E-state index contributed by atoms with van der Waals surface area (Å²) < 4.78 is 1.52. The van der Waals surface area contributed by atoms with Gasteiger partial charge in [0.1, 0.15) is 6.54 Å². The minimum atomic E-state index is -0.249. The predicted octanol–water partition coefficient (Wildman–Crippen LogP) is 2.60. The van der Waals surface area contributed by atoms with Gasteiger partial charge in [0.05, 0.1) is 23.5 Å². The van der Waals surface area contributed by atoms with Gasteiger partial charge in [0.2, 0.25) is 5.91 Å². The minimum Gasteiger partial charge on any atom is -0.352 e. The average molecular weight is 365 g/mol. The van der Waals surface area contributed by atoms with Crippen LogP contribution in [0.2, 0.25) is 5.02 Å². The fourth-order valence-electron chi connectivity index (χ4n) is 2.21. The molecule has 2 aromatic rings. The lowest BCUT2D eigenvalue weighted by Crippen LogP contribution is -2.29. The molecule has 24 heavy (non-hydrogen) atoms. The Hall–Kier alpha value is -2.12. The van der Waals surface area contributed by atoms with E-state index in [0.29, 0.717) is 23.3 Å². The summed E-state index contributed by atoms with van der Waals surface area (Å²) in [5.41, 5.74) is 0.601. The molecule has 2 heterocycles. The van der Waals surface area contributed by atoms with Crippen LogP contribution >= 0.6 is 22.9 Å². The first-order chi connectivity index (χ1) is 11.6. The van der Waals surface area contributed by atoms with Gasteiger partial charge in [0, 0.05) is 17.1 Å². The van der Waals surface area contributed by atoms with Crippen molar-refractivity contribution in [3.63, 3.8) is 0 Å². The number of amides is 2. The number of carbonyl (C=O) groups excluding carboxylic acids is 2. The molecule has 0 spiro atoms. The summed E-state index contributed by atoms with van der Waals surface area (Å²) in [5, 5.41) is 9.58. The number of aromatic nitrogens is 2. The Balaban J connectivity index is 1.72. The SMILES string of the molecule is C=CC(=O)N(Cc1sccc1Cl)c1cnn(CC(=O)NC2CC2)c1. The Morgan fingerprint density at radius 3 is 2.96 bits per heavy atom. The molecule has 2 amide bonds. The summed E-state index contributed by atoms with van der Waals surface area (Å²) in [6.07, 6.45) is 6.57. The van der Waals surface area contributed by atoms with Crippen molar-refractivity contribution >= 4 is 40.4 Å². The summed E-state index contributed by atoms with van der Waals surface area (Å²) in [5.74, 6) is -0.323. The van der Waals surface area contributed by atoms with Gasteiger partial charge in [-0.05, 0) is 30.4 Å². The van der Waals surface area contributed by atoms with Gasteiger partial charge in [0.15, 0.2) is 0 Å². The Morgan fingerprint density at radius 2 is 2.33 bits per heavy atom. The Labute approximate surface area is 148 Å². The summed E-state index contributed by atoms with van der Waals surface area (Å²) in [7, 11) is 0. The van der Waals surface area contributed by atoms with Crippen molar-refractivity contribution in [3.8, 4) is 0 Å². The van der Waals surface area contributed by atoms with Crippen LogP contribution in [0.1, 0.15) is 17.7 Å². The monoisotopic (exact) mass is 364 g/mol. The standard InChI is InChI=1S/C16H17ClN4O2S/c1-2-16(23)21(9-14-13(17)5-6-24-14)12-7-18-20(8-12)10-15(22)19-11-3-4-11/h2,5-8,11H,1,3-4,9-10H2,(H,19,22). The van der Waals surface area contributed by atoms with Gasteiger partial charge in [-0.3, -0.25) is 14.3 Å². The fraction of sp³-hybridized carbons (Fsp3) is 0.312. The van der Waals surface area contributed by atoms with Crippen molar-refractivity contribution in [2.75, 3.05) is 4.90 Å². The third kappa shape index (κ3) is 4.04. The van der Waals surface area contributed by atoms with Crippen LogP contribution in [0, 0.1) is 0 Å². The average Bonchev–Trinajstić information content (AvgIpc) is 3.09. The van der Waals surface area contributed by atoms with Gasteiger partial charge in [-0.25, -0.2) is 0 Å². The highest BCUT2D eigenvalue weighted by Gasteiger charge is 2.23. The lowest BCUT2D eigenvalue weighted by Gasteiger charge is -2.18. The molecule has 0 unspecified atom stereocenters. The lowest BCUT2D eigenvalue weighted by atomic mass is 10.3. The van der Waals surface area contributed by atoms with Gasteiger partial charge >= 0.3 is 0 Å². The maximum atomic E-state index is 12.2. The molecule has 8 heteroatoms. The van der Waals surface area contributed by atoms with Crippen molar-refractivity contribution in [1.29, 1.82) is 0 Å². The minimum absolute atomic E-state index is 0.0740. The highest BCUT2D eigenvalue weighted by Crippen LogP contribution is 2.26. The van der Waals surface area contributed by atoms with Gasteiger partial charge < -0.3 is 10.2 Å². The second kappa shape index (κ2) is 7.19. The molecule has 0 aromatic carbocycles. The molecule has 0 saturated heterocycles. The zero-order chi connectivity index (χ0) is 17.1. The van der Waals surface area contributed by atoms with E-state index in [1.807, 2.05) is 5.38 Å². The molecule has 2 aromatic heterocycles. The Bertz CT molecular complexity index is 766. The molecule has 6 nitrogen and oxygen atoms in total. The van der Waals surface area contributed by atoms with Crippen molar-refractivity contribution in [2.24, 2.45) is 0 Å². The molecule has 126 valence electrons. The van der Waals surface area contributed by atoms with Crippen LogP contribution in [0.4, 0.5) is 5.69 Å². The molecule has 0 radical (unpaired) electrons. The second-order valence-electron chi connectivity index (χ2n) is 5.56. The number of thiophene rings is 1. The molecule has 1 aliphatic carbocycles. The fourth-order valence-corrected chi connectivity index (χ4v) is 3.30. The number of hydrogen-bond acceptors (Lipinski definition) is 4. The molecular formula is C16H17ClN4O2S. The molecule has 0 aliphatic heterocycles. The Kier molecular flexibility index (Phi) is 5.01. The Morgan fingerprint density at radius 1 is 1.54 bits per heavy atom. The summed E-state index contributed by atoms with van der Waals surface area (Å²) in [6, 6.07) is 2.11. The number of rotatable bonds is 7. The first kappa shape index (κ1) is 16.7. The second-order valence-corrected chi connectivity index (χ2v) is 6.97. The molecule has 3 rings (SSSR count). The molecule has 0 atom stereocenters. The zero-order valence-corrected chi connectivity index (χ0v) is 14.5. The third-order valence-corrected chi connectivity index (χ3v) is 4.98. The first-order valence-corrected chi connectivity index (χ1v) is 8.80. The quantitative estimate of drug-likeness (QED) is 0.768. The predicted molar refractivity (Wildman–Crippen MR) is 94.1 cm³/mol. The van der Waals surface area contributed by atoms with E-state index in [1.54, 1.807) is 18.5 Å². The molecule has 1 saturated carbocycles. The van der Waals surface area contributed by atoms with Crippen LogP contribution in [-0.4, -0.2) is 27.6 Å². The maximum absolute atomic E-state index is 12.2. The van der Waals surface area contributed by atoms with Gasteiger partial charge in [-0.15, -0.1) is 11.3 Å². The number of nitrogens with zero attached hydrogens (tertiary/aromatic N) is 3. The molecule has 0 bridgehead atoms. The highest BCUT2D eigenvalue weighted by molar-refractivity contribution is 7.10. The number of nitrogens with one attached hydrogen (secondary N) is 1. The number of anilines is 1. The lowest BCUT2D eigenvalue weighted by molar-refractivity contribution is -0.122. The van der Waals surface area contributed by atoms with Gasteiger partial charge in [0.25, 0.3) is 5.91 Å². The van der Waals surface area contributed by atoms with E-state index in [4.69, 9.17) is 11.6 Å². The van der Waals surface area contributed by atoms with Crippen LogP contribution in [0.25, 0.3) is 0 Å². The van der Waals surface area contributed by atoms with E-state index in [2.05, 4.69) is 17.0 Å². The van der Waals surface area contributed by atoms with Crippen molar-refractivity contribution in [1.82, 2.24) is 15.1 Å². The summed E-state index contributed by atoms with van der Waals surface area (Å²) in [6.45, 7) is 4.01. The van der Waals surface area contributed by atoms with Crippen LogP contribution in [0.5, 0.6) is 0 Å². The van der Waals surface area contributed by atoms with Crippen molar-refractivity contribution < 1.29 is 9.59 Å². The van der Waals surface area contributed by atoms with E-state index < -0.39 is 0 Å². The number of hydrogen-bond donors (Lipinski definition) is 1. The van der Waals surface area contributed by atoms with Crippen LogP contribution in [0.15, 0.2) is 36.5 Å². The summed E-state index contributed by atoms with van der Waals surface area (Å²) in [4.78, 5) is 26.5. The van der Waals surface area contributed by atoms with Crippen molar-refractivity contribution in [2.45, 2.75) is 32.0 Å². The van der Waals surface area contributed by atoms with E-state index >= 15 is 0 Å². The third-order valence-electron chi connectivity index (χ3n) is 3.61. The van der Waals surface area contributed by atoms with E-state index in [-0.39, 0.29) is 18.4 Å². The highest BCUT2D eigenvalue weighted by atomic mass is 35.5. The zero-order valence-electron chi connectivity index (χ0n) is 12.9. The van der Waals surface area contributed by atoms with Crippen molar-refractivity contribution in [3.05, 3.63) is 46.4 Å². The van der Waals surface area contributed by atoms with Gasteiger partial charge in [-0.1, -0.05) is 18.2 Å². The smallest absolute Gasteiger partial charge is 0.250 e. The normalized spacial score (nSPS) is 13.5. The van der Waals surface area contributed by atoms with E-state index in [1.165, 1.54) is 27.0 Å². The molecular weight excluding hydrogens is 348 g/mol. The van der Waals surface area contributed by atoms with Crippen LogP contribution in [-0.2, 0) is 22.7 Å². The molecule has 1 N–H and O–H groups in total. The first-order valence-electron chi connectivity index (χ1n) is 7.54. The van der Waals surface area contributed by atoms with E-state index in [0.717, 1.165) is 17.7 Å². The maximum Gasteiger partial charge on any atom is 0.250 e. The van der Waals surface area contributed by atoms with Crippen LogP contribution < -0.4 is 10.2 Å². The van der Waals surface area contributed by atoms with E-state index in [9.17, 15) is 9.59 Å². The number of halogens is 1. The van der Waals surface area contributed by atoms with Crippen LogP contribution in [0.3, 0.4) is 0 Å². The molecule has 1 fully saturated rings. The largest absolute Gasteiger partial charge is 0.352 e. The number of carbonyl (C=O) groups is 2. The molecule has 1 aliphatic rings. The topological polar surface area (TPSA) is 67.2 Å². The van der Waals surface area contributed by atoms with Gasteiger partial charge in [-0.2, -0.15) is 5.10 Å². The summed E-state index contributed by atoms with van der Waals surface area (Å²) >= 11 is 7.60.